The van der Waals surface area contributed by atoms with Crippen molar-refractivity contribution < 1.29 is 23.1 Å². The quantitative estimate of drug-likeness (QED) is 0.100. The molecule has 2 amide bonds. The molecule has 388 valence electrons. The fourth-order valence-electron chi connectivity index (χ4n) is 10.7. The summed E-state index contributed by atoms with van der Waals surface area (Å²) in [6.45, 7) is 11.4. The number of aromatic nitrogens is 6. The van der Waals surface area contributed by atoms with Crippen LogP contribution in [0.2, 0.25) is 5.02 Å². The van der Waals surface area contributed by atoms with Crippen LogP contribution in [0, 0.1) is 20.8 Å². The number of hydrogen-bond acceptors (Lipinski definition) is 11. The molecule has 4 aliphatic rings. The number of amides is 2. The molecule has 0 unspecified atom stereocenters. The Bertz CT molecular complexity index is 3040. The molecule has 0 bridgehead atoms. The molecule has 1 aliphatic carbocycles. The Balaban J connectivity index is 0.000000193. The molecule has 3 aliphatic heterocycles. The lowest BCUT2D eigenvalue weighted by molar-refractivity contribution is 0.0525. The number of aliphatic hydroxyl groups is 1. The molecular formula is C55H70ClN11O5S. The highest BCUT2D eigenvalue weighted by Gasteiger charge is 2.34. The molecule has 4 aromatic heterocycles. The molecule has 18 heteroatoms. The number of aryl methyl sites for hydroxylation is 3. The molecule has 6 aromatic rings. The van der Waals surface area contributed by atoms with Gasteiger partial charge in [-0.25, -0.2) is 32.7 Å². The lowest BCUT2D eigenvalue weighted by atomic mass is 9.96. The Hall–Kier alpha value is -6.14. The van der Waals surface area contributed by atoms with E-state index >= 15 is 0 Å². The van der Waals surface area contributed by atoms with E-state index in [4.69, 9.17) is 21.6 Å². The third kappa shape index (κ3) is 12.0. The summed E-state index contributed by atoms with van der Waals surface area (Å²) in [5.74, 6) is 1.10. The summed E-state index contributed by atoms with van der Waals surface area (Å²) in [4.78, 5) is 49.4. The van der Waals surface area contributed by atoms with E-state index in [1.165, 1.54) is 42.7 Å². The molecule has 73 heavy (non-hydrogen) atoms. The summed E-state index contributed by atoms with van der Waals surface area (Å²) in [6.07, 6.45) is 17.3. The minimum absolute atomic E-state index is 0. The molecule has 1 saturated carbocycles. The number of anilines is 2. The lowest BCUT2D eigenvalue weighted by Gasteiger charge is -2.35. The normalized spacial score (nSPS) is 17.5. The van der Waals surface area contributed by atoms with Crippen molar-refractivity contribution >= 4 is 45.3 Å². The average molecular weight is 1030 g/mol. The SMILES string of the molecule is C.CC[C@H](c1cccc(Cl)c1)N1CCn2cc(-c3nc(NC4CCCCC4)ncc3C)cc2C1=O.Cc1cccc([C@@H](CO)N2CCn3cc(-c4nc(NC5CCN(S(C)(=O)=O)CC5)ncc4C)cc3C2=O)c1. The Labute approximate surface area is 435 Å². The second-order valence-electron chi connectivity index (χ2n) is 19.7. The zero-order valence-electron chi connectivity index (χ0n) is 41.9. The predicted octanol–water partition coefficient (Wildman–Crippen LogP) is 9.48. The number of halogens is 1. The van der Waals surface area contributed by atoms with E-state index in [-0.39, 0.29) is 37.9 Å². The molecule has 0 spiro atoms. The van der Waals surface area contributed by atoms with Crippen LogP contribution in [0.1, 0.15) is 127 Å². The molecule has 16 nitrogen and oxygen atoms in total. The van der Waals surface area contributed by atoms with Crippen LogP contribution in [-0.4, -0.2) is 120 Å². The van der Waals surface area contributed by atoms with Gasteiger partial charge in [0.25, 0.3) is 11.8 Å². The molecule has 2 atom stereocenters. The predicted molar refractivity (Wildman–Crippen MR) is 288 cm³/mol. The van der Waals surface area contributed by atoms with E-state index in [2.05, 4.69) is 44.4 Å². The highest BCUT2D eigenvalue weighted by atomic mass is 35.5. The lowest BCUT2D eigenvalue weighted by Crippen LogP contribution is -2.43. The third-order valence-corrected chi connectivity index (χ3v) is 16.1. The Kier molecular flexibility index (Phi) is 16.7. The summed E-state index contributed by atoms with van der Waals surface area (Å²) in [6, 6.07) is 19.7. The number of benzene rings is 2. The van der Waals surface area contributed by atoms with Gasteiger partial charge in [-0.2, -0.15) is 0 Å². The van der Waals surface area contributed by atoms with Crippen LogP contribution in [-0.2, 0) is 23.1 Å². The molecular weight excluding hydrogens is 962 g/mol. The topological polar surface area (TPSA) is 184 Å². The first-order chi connectivity index (χ1) is 34.7. The van der Waals surface area contributed by atoms with Gasteiger partial charge in [0.15, 0.2) is 0 Å². The van der Waals surface area contributed by atoms with Gasteiger partial charge in [0, 0.05) is 92.3 Å². The van der Waals surface area contributed by atoms with Gasteiger partial charge in [-0.05, 0) is 99.4 Å². The Morgan fingerprint density at radius 2 is 1.19 bits per heavy atom. The van der Waals surface area contributed by atoms with Gasteiger partial charge in [0.1, 0.15) is 11.4 Å². The van der Waals surface area contributed by atoms with Crippen LogP contribution in [0.3, 0.4) is 0 Å². The molecule has 7 heterocycles. The Morgan fingerprint density at radius 1 is 0.685 bits per heavy atom. The first-order valence-corrected chi connectivity index (χ1v) is 27.5. The minimum Gasteiger partial charge on any atom is -0.394 e. The fraction of sp³-hybridized carbons (Fsp3) is 0.455. The first kappa shape index (κ1) is 53.2. The summed E-state index contributed by atoms with van der Waals surface area (Å²) >= 11 is 6.24. The number of nitrogens with zero attached hydrogens (tertiary/aromatic N) is 9. The second-order valence-corrected chi connectivity index (χ2v) is 22.1. The van der Waals surface area contributed by atoms with Crippen LogP contribution in [0.4, 0.5) is 11.9 Å². The zero-order chi connectivity index (χ0) is 50.7. The molecule has 3 N–H and O–H groups in total. The van der Waals surface area contributed by atoms with Crippen molar-refractivity contribution in [1.82, 2.24) is 43.2 Å². The zero-order valence-corrected chi connectivity index (χ0v) is 43.5. The number of fused-ring (bicyclic) bond motifs is 2. The van der Waals surface area contributed by atoms with E-state index in [1.807, 2.05) is 97.2 Å². The highest BCUT2D eigenvalue weighted by Crippen LogP contribution is 2.34. The summed E-state index contributed by atoms with van der Waals surface area (Å²) in [7, 11) is -3.18. The van der Waals surface area contributed by atoms with Crippen molar-refractivity contribution in [2.75, 3.05) is 49.7 Å². The van der Waals surface area contributed by atoms with Crippen LogP contribution in [0.15, 0.2) is 85.5 Å². The van der Waals surface area contributed by atoms with Gasteiger partial charge in [0.2, 0.25) is 21.9 Å². The van der Waals surface area contributed by atoms with E-state index in [0.29, 0.717) is 79.9 Å². The van der Waals surface area contributed by atoms with E-state index in [9.17, 15) is 23.1 Å². The number of sulfonamides is 1. The number of aliphatic hydroxyl groups excluding tert-OH is 1. The summed E-state index contributed by atoms with van der Waals surface area (Å²) in [5.41, 5.74) is 9.69. The van der Waals surface area contributed by atoms with Crippen molar-refractivity contribution in [2.24, 2.45) is 0 Å². The van der Waals surface area contributed by atoms with Crippen molar-refractivity contribution in [3.05, 3.63) is 130 Å². The maximum Gasteiger partial charge on any atom is 0.271 e. The van der Waals surface area contributed by atoms with Crippen LogP contribution < -0.4 is 10.6 Å². The number of carbonyl (C=O) groups is 2. The summed E-state index contributed by atoms with van der Waals surface area (Å²) < 4.78 is 29.1. The standard InChI is InChI=1S/C27H32ClN5O.C27H34N6O4S.CH4/c1-3-23(19-8-7-9-21(28)14-19)33-13-12-32-17-20(15-24(32)26(33)34)25-18(2)16-29-27(31-25)30-22-10-5-4-6-11-22;1-18-5-4-6-20(13-18)24(17-34)33-12-11-31-16-21(14-23(31)26(33)35)25-19(2)15-28-27(30-25)29-22-7-9-32(10-8-22)38(3,36)37;/h7-9,14-17,22-23H,3-6,10-13H2,1-2H3,(H,29,30,31);4-6,13-16,22,24,34H,7-12,17H2,1-3H3,(H,28,29,30);1H4/t23-;24-;/m11./s1. The molecule has 2 aromatic carbocycles. The molecule has 0 radical (unpaired) electrons. The van der Waals surface area contributed by atoms with Gasteiger partial charge in [-0.15, -0.1) is 0 Å². The maximum absolute atomic E-state index is 13.6. The maximum atomic E-state index is 13.6. The number of carbonyl (C=O) groups excluding carboxylic acids is 2. The third-order valence-electron chi connectivity index (χ3n) is 14.6. The van der Waals surface area contributed by atoms with E-state index in [0.717, 1.165) is 63.3 Å². The van der Waals surface area contributed by atoms with Crippen LogP contribution >= 0.6 is 11.6 Å². The summed E-state index contributed by atoms with van der Waals surface area (Å²) in [5, 5.41) is 17.8. The van der Waals surface area contributed by atoms with Crippen LogP contribution in [0.25, 0.3) is 22.5 Å². The average Bonchev–Trinajstić information content (AvgIpc) is 4.01. The minimum atomic E-state index is -3.18. The number of rotatable bonds is 13. The van der Waals surface area contributed by atoms with Crippen molar-refractivity contribution in [1.29, 1.82) is 0 Å². The number of nitrogens with one attached hydrogen (secondary N) is 2. The van der Waals surface area contributed by atoms with Gasteiger partial charge in [0.05, 0.1) is 36.3 Å². The monoisotopic (exact) mass is 1030 g/mol. The largest absolute Gasteiger partial charge is 0.394 e. The van der Waals surface area contributed by atoms with E-state index in [1.54, 1.807) is 11.1 Å². The molecule has 2 fully saturated rings. The van der Waals surface area contributed by atoms with Crippen molar-refractivity contribution in [3.8, 4) is 22.5 Å². The van der Waals surface area contributed by atoms with Gasteiger partial charge < -0.3 is 34.7 Å². The van der Waals surface area contributed by atoms with Gasteiger partial charge >= 0.3 is 0 Å². The number of piperidine rings is 1. The van der Waals surface area contributed by atoms with Crippen LogP contribution in [0.5, 0.6) is 0 Å². The smallest absolute Gasteiger partial charge is 0.271 e. The molecule has 10 rings (SSSR count). The number of hydrogen-bond donors (Lipinski definition) is 3. The Morgan fingerprint density at radius 3 is 1.68 bits per heavy atom. The first-order valence-electron chi connectivity index (χ1n) is 25.3. The second kappa shape index (κ2) is 23.0. The van der Waals surface area contributed by atoms with Crippen molar-refractivity contribution in [3.63, 3.8) is 0 Å². The fourth-order valence-corrected chi connectivity index (χ4v) is 11.8. The van der Waals surface area contributed by atoms with Crippen molar-refractivity contribution in [2.45, 2.75) is 124 Å². The van der Waals surface area contributed by atoms with Gasteiger partial charge in [-0.3, -0.25) is 9.59 Å². The highest BCUT2D eigenvalue weighted by molar-refractivity contribution is 7.88. The van der Waals surface area contributed by atoms with E-state index < -0.39 is 16.1 Å². The van der Waals surface area contributed by atoms with Gasteiger partial charge in [-0.1, -0.05) is 87.2 Å². The molecule has 1 saturated heterocycles.